The lowest BCUT2D eigenvalue weighted by atomic mass is 10.0. The highest BCUT2D eigenvalue weighted by atomic mass is 16.5. The number of hydrogen-bond donors (Lipinski definition) is 0. The molecule has 0 bridgehead atoms. The molecule has 0 spiro atoms. The molecular weight excluding hydrogens is 364 g/mol. The second-order valence-electron chi connectivity index (χ2n) is 9.60. The molecule has 1 radical (unpaired) electrons. The Labute approximate surface area is 192 Å². The molecule has 30 heavy (non-hydrogen) atoms. The van der Waals surface area contributed by atoms with E-state index in [1.165, 1.54) is 154 Å². The standard InChI is InChI=1S/C29H59O/c1-3-5-7-9-11-12-13-14-15-16-17-18-19-20-21-23-25-27-29-30-28-26-24-22-10-8-6-4-2/h29H,3-28H2,1-2H3. The summed E-state index contributed by atoms with van der Waals surface area (Å²) in [5.74, 6) is 0. The second kappa shape index (κ2) is 29.0. The molecule has 1 nitrogen and oxygen atoms in total. The number of hydrogen-bond acceptors (Lipinski definition) is 1. The van der Waals surface area contributed by atoms with Gasteiger partial charge in [0.1, 0.15) is 0 Å². The average molecular weight is 424 g/mol. The van der Waals surface area contributed by atoms with Crippen LogP contribution in [0.5, 0.6) is 0 Å². The predicted molar refractivity (Wildman–Crippen MR) is 137 cm³/mol. The highest BCUT2D eigenvalue weighted by Crippen LogP contribution is 2.14. The molecule has 181 valence electrons. The lowest BCUT2D eigenvalue weighted by molar-refractivity contribution is 0.183. The zero-order valence-electron chi connectivity index (χ0n) is 21.4. The highest BCUT2D eigenvalue weighted by Gasteiger charge is 1.96. The largest absolute Gasteiger partial charge is 0.376 e. The van der Waals surface area contributed by atoms with Crippen molar-refractivity contribution < 1.29 is 4.74 Å². The van der Waals surface area contributed by atoms with Crippen LogP contribution in [-0.4, -0.2) is 6.61 Å². The van der Waals surface area contributed by atoms with Crippen LogP contribution in [0, 0.1) is 6.61 Å². The van der Waals surface area contributed by atoms with Gasteiger partial charge in [0.15, 0.2) is 0 Å². The van der Waals surface area contributed by atoms with E-state index in [1.54, 1.807) is 0 Å². The molecule has 0 atom stereocenters. The van der Waals surface area contributed by atoms with Gasteiger partial charge in [0.2, 0.25) is 0 Å². The van der Waals surface area contributed by atoms with Crippen molar-refractivity contribution in [3.05, 3.63) is 6.61 Å². The van der Waals surface area contributed by atoms with Crippen LogP contribution in [0.1, 0.15) is 174 Å². The van der Waals surface area contributed by atoms with Gasteiger partial charge in [-0.3, -0.25) is 0 Å². The van der Waals surface area contributed by atoms with Gasteiger partial charge in [-0.05, 0) is 12.8 Å². The van der Waals surface area contributed by atoms with Crippen molar-refractivity contribution >= 4 is 0 Å². The van der Waals surface area contributed by atoms with Crippen LogP contribution in [0.3, 0.4) is 0 Å². The Morgan fingerprint density at radius 2 is 0.667 bits per heavy atom. The fraction of sp³-hybridized carbons (Fsp3) is 0.966. The molecule has 0 aromatic carbocycles. The molecule has 0 N–H and O–H groups in total. The van der Waals surface area contributed by atoms with Crippen LogP contribution in [0.15, 0.2) is 0 Å². The van der Waals surface area contributed by atoms with Crippen LogP contribution in [0.4, 0.5) is 0 Å². The van der Waals surface area contributed by atoms with Crippen molar-refractivity contribution in [2.24, 2.45) is 0 Å². The first-order valence-corrected chi connectivity index (χ1v) is 14.3. The van der Waals surface area contributed by atoms with Crippen LogP contribution < -0.4 is 0 Å². The quantitative estimate of drug-likeness (QED) is 0.119. The summed E-state index contributed by atoms with van der Waals surface area (Å²) in [6.07, 6.45) is 35.2. The van der Waals surface area contributed by atoms with Gasteiger partial charge in [0, 0.05) is 6.61 Å². The fourth-order valence-corrected chi connectivity index (χ4v) is 4.26. The van der Waals surface area contributed by atoms with E-state index in [9.17, 15) is 0 Å². The molecule has 0 rings (SSSR count). The number of unbranched alkanes of at least 4 members (excludes halogenated alkanes) is 23. The maximum atomic E-state index is 5.67. The lowest BCUT2D eigenvalue weighted by Gasteiger charge is -2.05. The van der Waals surface area contributed by atoms with E-state index < -0.39 is 0 Å². The molecule has 0 aromatic rings. The van der Waals surface area contributed by atoms with Crippen molar-refractivity contribution in [3.63, 3.8) is 0 Å². The van der Waals surface area contributed by atoms with Crippen LogP contribution >= 0.6 is 0 Å². The third-order valence-corrected chi connectivity index (χ3v) is 6.41. The summed E-state index contributed by atoms with van der Waals surface area (Å²) in [5.41, 5.74) is 0. The molecule has 0 heterocycles. The lowest BCUT2D eigenvalue weighted by Crippen LogP contribution is -1.92. The van der Waals surface area contributed by atoms with Gasteiger partial charge in [0.25, 0.3) is 0 Å². The second-order valence-corrected chi connectivity index (χ2v) is 9.60. The minimum atomic E-state index is 0.937. The van der Waals surface area contributed by atoms with E-state index in [1.807, 2.05) is 0 Å². The van der Waals surface area contributed by atoms with E-state index in [0.717, 1.165) is 13.0 Å². The monoisotopic (exact) mass is 423 g/mol. The fourth-order valence-electron chi connectivity index (χ4n) is 4.26. The number of rotatable bonds is 27. The Balaban J connectivity index is 2.97. The Kier molecular flexibility index (Phi) is 28.9. The van der Waals surface area contributed by atoms with Gasteiger partial charge < -0.3 is 4.74 Å². The molecule has 1 heteroatoms. The molecule has 0 amide bonds. The van der Waals surface area contributed by atoms with Crippen LogP contribution in [0.25, 0.3) is 0 Å². The Bertz CT molecular complexity index is 248. The van der Waals surface area contributed by atoms with Gasteiger partial charge in [-0.1, -0.05) is 162 Å². The van der Waals surface area contributed by atoms with Crippen molar-refractivity contribution in [1.82, 2.24) is 0 Å². The SMILES string of the molecule is CCCCCCCCCCCCCCCCCCC[CH]OCCCCCCCCC. The summed E-state index contributed by atoms with van der Waals surface area (Å²) in [4.78, 5) is 0. The maximum Gasteiger partial charge on any atom is 0.0836 e. The van der Waals surface area contributed by atoms with Crippen molar-refractivity contribution in [1.29, 1.82) is 0 Å². The van der Waals surface area contributed by atoms with Crippen molar-refractivity contribution in [3.8, 4) is 0 Å². The van der Waals surface area contributed by atoms with E-state index in [0.29, 0.717) is 0 Å². The summed E-state index contributed by atoms with van der Waals surface area (Å²) >= 11 is 0. The topological polar surface area (TPSA) is 9.23 Å². The first kappa shape index (κ1) is 30.0. The van der Waals surface area contributed by atoms with Gasteiger partial charge in [-0.2, -0.15) is 0 Å². The molecule has 0 aliphatic carbocycles. The Hall–Kier alpha value is -0.0400. The molecule has 0 unspecified atom stereocenters. The summed E-state index contributed by atoms with van der Waals surface area (Å²) in [7, 11) is 0. The smallest absolute Gasteiger partial charge is 0.0836 e. The summed E-state index contributed by atoms with van der Waals surface area (Å²) in [6, 6.07) is 0. The zero-order valence-corrected chi connectivity index (χ0v) is 21.4. The van der Waals surface area contributed by atoms with Gasteiger partial charge in [0.05, 0.1) is 6.61 Å². The van der Waals surface area contributed by atoms with Crippen molar-refractivity contribution in [2.75, 3.05) is 6.61 Å². The molecular formula is C29H59O. The van der Waals surface area contributed by atoms with E-state index in [4.69, 9.17) is 4.74 Å². The van der Waals surface area contributed by atoms with Gasteiger partial charge in [-0.25, -0.2) is 0 Å². The Morgan fingerprint density at radius 3 is 1.03 bits per heavy atom. The molecule has 0 aromatic heterocycles. The van der Waals surface area contributed by atoms with Crippen LogP contribution in [-0.2, 0) is 4.74 Å². The van der Waals surface area contributed by atoms with E-state index in [2.05, 4.69) is 20.5 Å². The van der Waals surface area contributed by atoms with Crippen molar-refractivity contribution in [2.45, 2.75) is 174 Å². The van der Waals surface area contributed by atoms with E-state index >= 15 is 0 Å². The minimum Gasteiger partial charge on any atom is -0.376 e. The van der Waals surface area contributed by atoms with Gasteiger partial charge >= 0.3 is 0 Å². The van der Waals surface area contributed by atoms with Gasteiger partial charge in [-0.15, -0.1) is 0 Å². The maximum absolute atomic E-state index is 5.67. The third kappa shape index (κ3) is 28.0. The zero-order chi connectivity index (χ0) is 21.8. The summed E-state index contributed by atoms with van der Waals surface area (Å²) in [6.45, 7) is 7.59. The normalized spacial score (nSPS) is 11.4. The summed E-state index contributed by atoms with van der Waals surface area (Å²) < 4.78 is 5.67. The van der Waals surface area contributed by atoms with Crippen LogP contribution in [0.2, 0.25) is 0 Å². The predicted octanol–water partition coefficient (Wildman–Crippen LogP) is 11.0. The number of ether oxygens (including phenoxy) is 1. The molecule has 0 fully saturated rings. The highest BCUT2D eigenvalue weighted by molar-refractivity contribution is 4.54. The summed E-state index contributed by atoms with van der Waals surface area (Å²) in [5, 5.41) is 0. The van der Waals surface area contributed by atoms with E-state index in [-0.39, 0.29) is 0 Å². The third-order valence-electron chi connectivity index (χ3n) is 6.41. The first-order valence-electron chi connectivity index (χ1n) is 14.3. The molecule has 0 aliphatic rings. The average Bonchev–Trinajstić information content (AvgIpc) is 2.76. The first-order chi connectivity index (χ1) is 14.9. The molecule has 0 saturated heterocycles. The molecule has 0 aliphatic heterocycles. The molecule has 0 saturated carbocycles. The minimum absolute atomic E-state index is 0.937. The Morgan fingerprint density at radius 1 is 0.367 bits per heavy atom.